The number of hydrogen-bond donors (Lipinski definition) is 0. The van der Waals surface area contributed by atoms with Crippen LogP contribution in [0.15, 0.2) is 22.9 Å². The van der Waals surface area contributed by atoms with Crippen LogP contribution in [0.25, 0.3) is 0 Å². The second-order valence-electron chi connectivity index (χ2n) is 5.56. The van der Waals surface area contributed by atoms with Gasteiger partial charge in [0.25, 0.3) is 5.88 Å². The van der Waals surface area contributed by atoms with Crippen LogP contribution in [-0.2, 0) is 16.0 Å². The minimum atomic E-state index is -0.213. The van der Waals surface area contributed by atoms with E-state index < -0.39 is 0 Å². The summed E-state index contributed by atoms with van der Waals surface area (Å²) in [5.74, 6) is 1.81. The summed E-state index contributed by atoms with van der Waals surface area (Å²) in [5.41, 5.74) is 0.806. The van der Waals surface area contributed by atoms with Crippen molar-refractivity contribution >= 4 is 5.91 Å². The Morgan fingerprint density at radius 3 is 3.12 bits per heavy atom. The van der Waals surface area contributed by atoms with Gasteiger partial charge in [-0.25, -0.2) is 9.97 Å². The average molecular weight is 332 g/mol. The zero-order valence-corrected chi connectivity index (χ0v) is 13.8. The van der Waals surface area contributed by atoms with Crippen LogP contribution in [0.5, 0.6) is 5.88 Å². The van der Waals surface area contributed by atoms with Gasteiger partial charge in [-0.2, -0.15) is 0 Å². The highest BCUT2D eigenvalue weighted by molar-refractivity contribution is 5.76. The first-order valence-electron chi connectivity index (χ1n) is 7.84. The van der Waals surface area contributed by atoms with Crippen molar-refractivity contribution in [2.45, 2.75) is 25.9 Å². The molecule has 3 rings (SSSR count). The lowest BCUT2D eigenvalue weighted by molar-refractivity contribution is -0.139. The molecule has 0 N–H and O–H groups in total. The molecule has 8 nitrogen and oxygen atoms in total. The molecule has 24 heavy (non-hydrogen) atoms. The number of carbonyl (C=O) groups excluding carboxylic acids is 1. The summed E-state index contributed by atoms with van der Waals surface area (Å²) < 4.78 is 15.8. The maximum absolute atomic E-state index is 12.4. The van der Waals surface area contributed by atoms with E-state index in [-0.39, 0.29) is 12.0 Å². The van der Waals surface area contributed by atoms with Gasteiger partial charge >= 0.3 is 0 Å². The molecule has 1 saturated heterocycles. The largest absolute Gasteiger partial charge is 0.479 e. The Morgan fingerprint density at radius 2 is 2.38 bits per heavy atom. The quantitative estimate of drug-likeness (QED) is 0.815. The SMILES string of the molecule is COc1cc(CCC(=O)N2CCO[C@@H](c3ccnc(C)n3)C2)on1. The van der Waals surface area contributed by atoms with E-state index in [2.05, 4.69) is 15.1 Å². The fourth-order valence-electron chi connectivity index (χ4n) is 2.60. The van der Waals surface area contributed by atoms with Gasteiger partial charge in [0.2, 0.25) is 5.91 Å². The molecular formula is C16H20N4O4. The molecule has 128 valence electrons. The highest BCUT2D eigenvalue weighted by Gasteiger charge is 2.26. The van der Waals surface area contributed by atoms with Crippen LogP contribution in [0, 0.1) is 6.92 Å². The molecule has 3 heterocycles. The van der Waals surface area contributed by atoms with Crippen LogP contribution in [-0.4, -0.2) is 52.7 Å². The highest BCUT2D eigenvalue weighted by Crippen LogP contribution is 2.21. The van der Waals surface area contributed by atoms with Gasteiger partial charge in [-0.15, -0.1) is 0 Å². The molecule has 0 spiro atoms. The number of aryl methyl sites for hydroxylation is 2. The normalized spacial score (nSPS) is 17.8. The number of nitrogens with zero attached hydrogens (tertiary/aromatic N) is 4. The van der Waals surface area contributed by atoms with Crippen molar-refractivity contribution in [1.82, 2.24) is 20.0 Å². The third-order valence-corrected chi connectivity index (χ3v) is 3.88. The number of hydrogen-bond acceptors (Lipinski definition) is 7. The van der Waals surface area contributed by atoms with Crippen molar-refractivity contribution in [1.29, 1.82) is 0 Å². The molecule has 0 unspecified atom stereocenters. The second-order valence-corrected chi connectivity index (χ2v) is 5.56. The zero-order valence-electron chi connectivity index (χ0n) is 13.8. The maximum Gasteiger partial charge on any atom is 0.254 e. The first-order chi connectivity index (χ1) is 11.7. The molecule has 1 aliphatic rings. The smallest absolute Gasteiger partial charge is 0.254 e. The van der Waals surface area contributed by atoms with E-state index in [0.717, 1.165) is 5.69 Å². The monoisotopic (exact) mass is 332 g/mol. The number of morpholine rings is 1. The van der Waals surface area contributed by atoms with Gasteiger partial charge in [-0.1, -0.05) is 0 Å². The molecule has 1 atom stereocenters. The summed E-state index contributed by atoms with van der Waals surface area (Å²) in [6, 6.07) is 3.52. The molecule has 1 aliphatic heterocycles. The van der Waals surface area contributed by atoms with E-state index in [4.69, 9.17) is 14.0 Å². The summed E-state index contributed by atoms with van der Waals surface area (Å²) in [4.78, 5) is 22.7. The predicted molar refractivity (Wildman–Crippen MR) is 83.4 cm³/mol. The van der Waals surface area contributed by atoms with Gasteiger partial charge in [0, 0.05) is 31.6 Å². The number of ether oxygens (including phenoxy) is 2. The van der Waals surface area contributed by atoms with E-state index in [1.807, 2.05) is 13.0 Å². The fourth-order valence-corrected chi connectivity index (χ4v) is 2.60. The third kappa shape index (κ3) is 3.88. The Morgan fingerprint density at radius 1 is 1.50 bits per heavy atom. The summed E-state index contributed by atoms with van der Waals surface area (Å²) >= 11 is 0. The van der Waals surface area contributed by atoms with Crippen molar-refractivity contribution in [2.24, 2.45) is 0 Å². The number of rotatable bonds is 5. The Kier molecular flexibility index (Phi) is 5.05. The fraction of sp³-hybridized carbons (Fsp3) is 0.500. The molecule has 0 saturated carbocycles. The molecule has 0 bridgehead atoms. The lowest BCUT2D eigenvalue weighted by atomic mass is 10.1. The van der Waals surface area contributed by atoms with Crippen molar-refractivity contribution in [3.8, 4) is 5.88 Å². The van der Waals surface area contributed by atoms with Gasteiger partial charge in [0.1, 0.15) is 17.7 Å². The summed E-state index contributed by atoms with van der Waals surface area (Å²) in [5, 5.41) is 3.73. The van der Waals surface area contributed by atoms with Crippen molar-refractivity contribution in [2.75, 3.05) is 26.8 Å². The number of carbonyl (C=O) groups is 1. The molecule has 0 aliphatic carbocycles. The van der Waals surface area contributed by atoms with Crippen molar-refractivity contribution < 1.29 is 18.8 Å². The molecule has 1 fully saturated rings. The van der Waals surface area contributed by atoms with Crippen LogP contribution in [0.3, 0.4) is 0 Å². The van der Waals surface area contributed by atoms with E-state index in [1.165, 1.54) is 7.11 Å². The van der Waals surface area contributed by atoms with Gasteiger partial charge in [-0.3, -0.25) is 4.79 Å². The van der Waals surface area contributed by atoms with Crippen molar-refractivity contribution in [3.05, 3.63) is 35.6 Å². The Balaban J connectivity index is 1.56. The standard InChI is InChI=1S/C16H20N4O4/c1-11-17-6-5-13(18-11)14-10-20(7-8-23-14)16(21)4-3-12-9-15(22-2)19-24-12/h5-6,9,14H,3-4,7-8,10H2,1-2H3/t14-/m1/s1. The number of methoxy groups -OCH3 is 1. The Labute approximate surface area is 139 Å². The predicted octanol–water partition coefficient (Wildman–Crippen LogP) is 1.31. The maximum atomic E-state index is 12.4. The first kappa shape index (κ1) is 16.4. The summed E-state index contributed by atoms with van der Waals surface area (Å²) in [6.45, 7) is 3.41. The van der Waals surface area contributed by atoms with E-state index in [1.54, 1.807) is 17.2 Å². The molecule has 0 aromatic carbocycles. The third-order valence-electron chi connectivity index (χ3n) is 3.88. The lowest BCUT2D eigenvalue weighted by Gasteiger charge is -2.32. The molecular weight excluding hydrogens is 312 g/mol. The van der Waals surface area contributed by atoms with Crippen LogP contribution < -0.4 is 4.74 Å². The van der Waals surface area contributed by atoms with Crippen molar-refractivity contribution in [3.63, 3.8) is 0 Å². The molecule has 8 heteroatoms. The second kappa shape index (κ2) is 7.39. The van der Waals surface area contributed by atoms with Gasteiger partial charge in [0.05, 0.1) is 26.0 Å². The molecule has 2 aromatic heterocycles. The van der Waals surface area contributed by atoms with Gasteiger partial charge in [-0.05, 0) is 18.1 Å². The Bertz CT molecular complexity index is 703. The Hall–Kier alpha value is -2.48. The van der Waals surface area contributed by atoms with Crippen LogP contribution in [0.2, 0.25) is 0 Å². The molecule has 1 amide bonds. The van der Waals surface area contributed by atoms with Gasteiger partial charge in [0.15, 0.2) is 0 Å². The van der Waals surface area contributed by atoms with E-state index in [9.17, 15) is 4.79 Å². The summed E-state index contributed by atoms with van der Waals surface area (Å²) in [7, 11) is 1.52. The zero-order chi connectivity index (χ0) is 16.9. The lowest BCUT2D eigenvalue weighted by Crippen LogP contribution is -2.42. The minimum Gasteiger partial charge on any atom is -0.479 e. The van der Waals surface area contributed by atoms with E-state index >= 15 is 0 Å². The summed E-state index contributed by atoms with van der Waals surface area (Å²) in [6.07, 6.45) is 2.34. The van der Waals surface area contributed by atoms with Crippen LogP contribution in [0.4, 0.5) is 0 Å². The number of aromatic nitrogens is 3. The molecule has 0 radical (unpaired) electrons. The molecule has 2 aromatic rings. The minimum absolute atomic E-state index is 0.0597. The number of amides is 1. The van der Waals surface area contributed by atoms with Gasteiger partial charge < -0.3 is 18.9 Å². The first-order valence-corrected chi connectivity index (χ1v) is 7.84. The van der Waals surface area contributed by atoms with Crippen LogP contribution >= 0.6 is 0 Å². The van der Waals surface area contributed by atoms with E-state index in [0.29, 0.717) is 50.0 Å². The van der Waals surface area contributed by atoms with Crippen LogP contribution in [0.1, 0.15) is 29.8 Å². The highest BCUT2D eigenvalue weighted by atomic mass is 16.5. The average Bonchev–Trinajstić information content (AvgIpc) is 3.08. The topological polar surface area (TPSA) is 90.6 Å².